The fraction of sp³-hybridized carbons (Fsp3) is 0. The van der Waals surface area contributed by atoms with Gasteiger partial charge in [0.05, 0.1) is 22.1 Å². The number of para-hydroxylation sites is 2. The molecule has 0 saturated heterocycles. The van der Waals surface area contributed by atoms with E-state index in [-0.39, 0.29) is 0 Å². The molecule has 0 aliphatic carbocycles. The van der Waals surface area contributed by atoms with Gasteiger partial charge in [-0.2, -0.15) is 0 Å². The summed E-state index contributed by atoms with van der Waals surface area (Å²) in [5, 5.41) is 12.6. The third kappa shape index (κ3) is 5.89. The van der Waals surface area contributed by atoms with Gasteiger partial charge in [-0.05, 0) is 143 Å². The molecule has 0 fully saturated rings. The van der Waals surface area contributed by atoms with Crippen molar-refractivity contribution < 1.29 is 0 Å². The van der Waals surface area contributed by atoms with Crippen LogP contribution in [0.1, 0.15) is 0 Å². The van der Waals surface area contributed by atoms with Crippen LogP contribution in [0.3, 0.4) is 0 Å². The fourth-order valence-corrected chi connectivity index (χ4v) is 13.3. The second kappa shape index (κ2) is 15.0. The van der Waals surface area contributed by atoms with Crippen molar-refractivity contribution >= 4 is 134 Å². The van der Waals surface area contributed by atoms with Gasteiger partial charge in [0.2, 0.25) is 0 Å². The maximum Gasteiger partial charge on any atom is 0.0571 e. The third-order valence-corrected chi connectivity index (χ3v) is 16.5. The second-order valence-corrected chi connectivity index (χ2v) is 20.1. The van der Waals surface area contributed by atoms with Crippen molar-refractivity contribution in [1.82, 2.24) is 14.1 Å². The monoisotopic (exact) mass is 914 g/mol. The van der Waals surface area contributed by atoms with Crippen molar-refractivity contribution in [3.05, 3.63) is 231 Å². The molecule has 10 aromatic carbocycles. The molecule has 0 unspecified atom stereocenters. The molecule has 0 amide bonds. The van der Waals surface area contributed by atoms with E-state index in [1.54, 1.807) is 0 Å². The molecule has 5 heterocycles. The first-order valence-electron chi connectivity index (χ1n) is 23.3. The Labute approximate surface area is 404 Å². The average molecular weight is 915 g/mol. The second-order valence-electron chi connectivity index (χ2n) is 18.0. The molecular weight excluding hydrogens is 877 g/mol. The molecule has 15 rings (SSSR count). The summed E-state index contributed by atoms with van der Waals surface area (Å²) >= 11 is 3.73. The van der Waals surface area contributed by atoms with Crippen molar-refractivity contribution in [2.45, 2.75) is 0 Å². The molecule has 69 heavy (non-hydrogen) atoms. The number of anilines is 3. The van der Waals surface area contributed by atoms with Crippen molar-refractivity contribution in [2.24, 2.45) is 0 Å². The van der Waals surface area contributed by atoms with Crippen molar-refractivity contribution in [2.75, 3.05) is 4.90 Å². The Morgan fingerprint density at radius 1 is 0.333 bits per heavy atom. The minimum atomic E-state index is 1.09. The van der Waals surface area contributed by atoms with Crippen LogP contribution in [-0.4, -0.2) is 14.1 Å². The predicted octanol–water partition coefficient (Wildman–Crippen LogP) is 18.3. The van der Waals surface area contributed by atoms with E-state index in [2.05, 4.69) is 237 Å². The predicted molar refractivity (Wildman–Crippen MR) is 296 cm³/mol. The Kier molecular flexibility index (Phi) is 8.37. The normalized spacial score (nSPS) is 12.1. The van der Waals surface area contributed by atoms with E-state index in [9.17, 15) is 0 Å². The summed E-state index contributed by atoms with van der Waals surface area (Å²) < 4.78 is 10.0. The SMILES string of the molecule is c1ccc(-n2c3ccc(-c4ccc(N(c5ccc(-n6c7ccccc7c7cnccc76)cc5)c5ccc6sc7ccccc7c6c5)cc4)cc3c3cc4c(ccc5sc6ccccc6c54)cc32)cc1. The molecule has 6 heteroatoms. The van der Waals surface area contributed by atoms with Gasteiger partial charge in [-0.3, -0.25) is 4.98 Å². The maximum atomic E-state index is 4.48. The highest BCUT2D eigenvalue weighted by Gasteiger charge is 2.20. The number of hydrogen-bond donors (Lipinski definition) is 0. The van der Waals surface area contributed by atoms with Crippen LogP contribution in [0.4, 0.5) is 17.1 Å². The van der Waals surface area contributed by atoms with Crippen molar-refractivity contribution in [3.63, 3.8) is 0 Å². The molecule has 0 N–H and O–H groups in total. The molecule has 15 aromatic rings. The first kappa shape index (κ1) is 38.5. The summed E-state index contributed by atoms with van der Waals surface area (Å²) in [6.07, 6.45) is 3.86. The number of benzene rings is 10. The Morgan fingerprint density at radius 2 is 0.928 bits per heavy atom. The van der Waals surface area contributed by atoms with E-state index in [0.717, 1.165) is 39.3 Å². The van der Waals surface area contributed by atoms with Gasteiger partial charge in [-0.15, -0.1) is 22.7 Å². The average Bonchev–Trinajstić information content (AvgIpc) is 4.16. The molecule has 0 bridgehead atoms. The zero-order chi connectivity index (χ0) is 45.2. The Bertz CT molecular complexity index is 4480. The number of fused-ring (bicyclic) bond motifs is 14. The van der Waals surface area contributed by atoms with Crippen LogP contribution in [0.2, 0.25) is 0 Å². The van der Waals surface area contributed by atoms with Crippen molar-refractivity contribution in [1.29, 1.82) is 0 Å². The first-order chi connectivity index (χ1) is 34.2. The third-order valence-electron chi connectivity index (χ3n) is 14.2. The molecule has 4 nitrogen and oxygen atoms in total. The lowest BCUT2D eigenvalue weighted by molar-refractivity contribution is 1.17. The highest BCUT2D eigenvalue weighted by Crippen LogP contribution is 2.45. The van der Waals surface area contributed by atoms with Crippen molar-refractivity contribution in [3.8, 4) is 22.5 Å². The highest BCUT2D eigenvalue weighted by molar-refractivity contribution is 7.26. The quantitative estimate of drug-likeness (QED) is 0.166. The molecule has 0 atom stereocenters. The summed E-state index contributed by atoms with van der Waals surface area (Å²) in [6.45, 7) is 0. The number of aromatic nitrogens is 3. The van der Waals surface area contributed by atoms with Crippen LogP contribution in [-0.2, 0) is 0 Å². The van der Waals surface area contributed by atoms with Crippen LogP contribution in [0.15, 0.2) is 231 Å². The number of hydrogen-bond acceptors (Lipinski definition) is 4. The van der Waals surface area contributed by atoms with Gasteiger partial charge in [-0.1, -0.05) is 97.1 Å². The molecule has 5 aromatic heterocycles. The summed E-state index contributed by atoms with van der Waals surface area (Å²) in [5.41, 5.74) is 12.6. The van der Waals surface area contributed by atoms with Crippen LogP contribution < -0.4 is 4.90 Å². The van der Waals surface area contributed by atoms with Crippen LogP contribution in [0, 0.1) is 0 Å². The molecule has 0 saturated carbocycles. The molecule has 0 aliphatic heterocycles. The maximum absolute atomic E-state index is 4.48. The van der Waals surface area contributed by atoms with E-state index in [4.69, 9.17) is 0 Å². The minimum Gasteiger partial charge on any atom is -0.310 e. The van der Waals surface area contributed by atoms with Gasteiger partial charge >= 0.3 is 0 Å². The van der Waals surface area contributed by atoms with E-state index in [1.807, 2.05) is 35.1 Å². The molecule has 0 spiro atoms. The van der Waals surface area contributed by atoms with Crippen LogP contribution in [0.5, 0.6) is 0 Å². The zero-order valence-corrected chi connectivity index (χ0v) is 38.7. The van der Waals surface area contributed by atoms with Gasteiger partial charge in [0.1, 0.15) is 0 Å². The number of nitrogens with zero attached hydrogens (tertiary/aromatic N) is 4. The molecule has 0 aliphatic rings. The summed E-state index contributed by atoms with van der Waals surface area (Å²) in [6, 6.07) is 80.6. The van der Waals surface area contributed by atoms with E-state index >= 15 is 0 Å². The highest BCUT2D eigenvalue weighted by atomic mass is 32.1. The smallest absolute Gasteiger partial charge is 0.0571 e. The fourth-order valence-electron chi connectivity index (χ4n) is 11.0. The van der Waals surface area contributed by atoms with E-state index < -0.39 is 0 Å². The van der Waals surface area contributed by atoms with Gasteiger partial charge in [0, 0.05) is 103 Å². The Morgan fingerprint density at radius 3 is 1.77 bits per heavy atom. The lowest BCUT2D eigenvalue weighted by Gasteiger charge is -2.26. The lowest BCUT2D eigenvalue weighted by Crippen LogP contribution is -2.10. The van der Waals surface area contributed by atoms with Crippen LogP contribution >= 0.6 is 22.7 Å². The summed E-state index contributed by atoms with van der Waals surface area (Å²) in [5.74, 6) is 0. The van der Waals surface area contributed by atoms with Gasteiger partial charge in [-0.25, -0.2) is 0 Å². The van der Waals surface area contributed by atoms with E-state index in [1.165, 1.54) is 95.0 Å². The Hall–Kier alpha value is -8.55. The zero-order valence-electron chi connectivity index (χ0n) is 37.0. The molecular formula is C63H38N4S2. The summed E-state index contributed by atoms with van der Waals surface area (Å²) in [4.78, 5) is 6.87. The first-order valence-corrected chi connectivity index (χ1v) is 25.0. The standard InChI is InChI=1S/C63H38N4S2/c1-2-10-42(11-3-1)67-56-29-20-40(34-51(56)52-37-50-41(35-58(52)67)21-30-62-63(50)49-14-6-9-17-60(49)69-62)39-18-22-43(23-19-39)65(46-28-31-61-53(36-46)48-13-5-8-16-59(48)68-61)44-24-26-45(27-25-44)66-55-15-7-4-12-47(55)54-38-64-33-32-57(54)66/h1-38H. The number of rotatable bonds is 6. The molecule has 322 valence electrons. The van der Waals surface area contributed by atoms with E-state index in [0.29, 0.717) is 0 Å². The van der Waals surface area contributed by atoms with Gasteiger partial charge < -0.3 is 14.0 Å². The van der Waals surface area contributed by atoms with Gasteiger partial charge in [0.15, 0.2) is 0 Å². The molecule has 0 radical (unpaired) electrons. The topological polar surface area (TPSA) is 26.0 Å². The largest absolute Gasteiger partial charge is 0.310 e. The van der Waals surface area contributed by atoms with Gasteiger partial charge in [0.25, 0.3) is 0 Å². The minimum absolute atomic E-state index is 1.09. The van der Waals surface area contributed by atoms with Crippen LogP contribution in [0.25, 0.3) is 117 Å². The Balaban J connectivity index is 0.878. The summed E-state index contributed by atoms with van der Waals surface area (Å²) in [7, 11) is 0. The number of pyridine rings is 1. The lowest BCUT2D eigenvalue weighted by atomic mass is 9.99. The number of thiophene rings is 2.